The van der Waals surface area contributed by atoms with Crippen LogP contribution in [0.25, 0.3) is 0 Å². The fourth-order valence-electron chi connectivity index (χ4n) is 3.11. The topological polar surface area (TPSA) is 131 Å². The van der Waals surface area contributed by atoms with E-state index in [0.717, 1.165) is 17.1 Å². The van der Waals surface area contributed by atoms with Crippen LogP contribution < -0.4 is 21.7 Å². The number of aromatic nitrogens is 1. The summed E-state index contributed by atoms with van der Waals surface area (Å²) in [5.41, 5.74) is 12.2. The van der Waals surface area contributed by atoms with E-state index >= 15 is 0 Å². The van der Waals surface area contributed by atoms with Gasteiger partial charge in [0.1, 0.15) is 10.9 Å². The first-order valence-corrected chi connectivity index (χ1v) is 10.9. The highest BCUT2D eigenvalue weighted by Gasteiger charge is 2.36. The molecule has 0 aliphatic rings. The summed E-state index contributed by atoms with van der Waals surface area (Å²) in [7, 11) is 0. The van der Waals surface area contributed by atoms with E-state index in [-0.39, 0.29) is 28.1 Å². The number of anilines is 2. The summed E-state index contributed by atoms with van der Waals surface area (Å²) in [5.74, 6) is -1.44. The molecule has 0 aliphatic carbocycles. The molecule has 3 amide bonds. The van der Waals surface area contributed by atoms with Crippen LogP contribution in [0.15, 0.2) is 24.3 Å². The van der Waals surface area contributed by atoms with E-state index in [1.165, 1.54) is 4.90 Å². The number of carbonyl (C=O) groups excluding carboxylic acids is 3. The van der Waals surface area contributed by atoms with Crippen molar-refractivity contribution in [3.05, 3.63) is 40.4 Å². The molecule has 5 N–H and O–H groups in total. The Labute approximate surface area is 187 Å². The third kappa shape index (κ3) is 6.04. The molecule has 0 radical (unpaired) electrons. The van der Waals surface area contributed by atoms with Gasteiger partial charge in [-0.3, -0.25) is 19.3 Å². The first-order chi connectivity index (χ1) is 14.3. The van der Waals surface area contributed by atoms with Gasteiger partial charge in [-0.25, -0.2) is 0 Å². The maximum atomic E-state index is 13.7. The van der Waals surface area contributed by atoms with Gasteiger partial charge in [-0.15, -0.1) is 0 Å². The molecule has 0 aliphatic heterocycles. The van der Waals surface area contributed by atoms with Crippen LogP contribution >= 0.6 is 11.5 Å². The Morgan fingerprint density at radius 1 is 1.16 bits per heavy atom. The number of nitrogens with two attached hydrogens (primary N) is 2. The molecule has 1 atom stereocenters. The van der Waals surface area contributed by atoms with Crippen molar-refractivity contribution < 1.29 is 14.4 Å². The maximum Gasteiger partial charge on any atom is 0.272 e. The number of nitrogens with zero attached hydrogens (tertiary/aromatic N) is 2. The van der Waals surface area contributed by atoms with Gasteiger partial charge >= 0.3 is 0 Å². The molecule has 2 aromatic rings. The van der Waals surface area contributed by atoms with Gasteiger partial charge in [0.05, 0.1) is 5.69 Å². The number of aryl methyl sites for hydroxylation is 1. The standard InChI is InChI=1S/C22H31N5O3S/c1-12(2)11-15(20(29)25-22(4,5)6)27(14-9-7-13(3)8-10-14)21(30)18-16(23)17(19(24)28)26-31-18/h7-10,12,15H,11,23H2,1-6H3,(H2,24,28)(H,25,29)/t15-/m0/s1. The fraction of sp³-hybridized carbons (Fsp3) is 0.455. The summed E-state index contributed by atoms with van der Waals surface area (Å²) >= 11 is 0.801. The lowest BCUT2D eigenvalue weighted by Crippen LogP contribution is -2.54. The van der Waals surface area contributed by atoms with Crippen molar-refractivity contribution in [3.8, 4) is 0 Å². The van der Waals surface area contributed by atoms with Crippen LogP contribution in [-0.2, 0) is 4.79 Å². The molecule has 168 valence electrons. The highest BCUT2D eigenvalue weighted by Crippen LogP contribution is 2.29. The van der Waals surface area contributed by atoms with Crippen molar-refractivity contribution in [3.63, 3.8) is 0 Å². The molecule has 31 heavy (non-hydrogen) atoms. The van der Waals surface area contributed by atoms with Gasteiger partial charge < -0.3 is 16.8 Å². The van der Waals surface area contributed by atoms with Gasteiger partial charge in [0, 0.05) is 11.2 Å². The third-order valence-electron chi connectivity index (χ3n) is 4.49. The Morgan fingerprint density at radius 3 is 2.19 bits per heavy atom. The van der Waals surface area contributed by atoms with Crippen molar-refractivity contribution in [2.24, 2.45) is 11.7 Å². The van der Waals surface area contributed by atoms with Gasteiger partial charge in [-0.05, 0) is 63.7 Å². The molecule has 0 saturated heterocycles. The third-order valence-corrected chi connectivity index (χ3v) is 5.34. The van der Waals surface area contributed by atoms with Crippen molar-refractivity contribution in [2.75, 3.05) is 10.6 Å². The number of amides is 3. The maximum absolute atomic E-state index is 13.7. The van der Waals surface area contributed by atoms with Gasteiger partial charge in [0.25, 0.3) is 11.8 Å². The Hall–Kier alpha value is -2.94. The van der Waals surface area contributed by atoms with Gasteiger partial charge in [-0.1, -0.05) is 31.5 Å². The molecule has 0 bridgehead atoms. The molecule has 0 fully saturated rings. The Kier molecular flexibility index (Phi) is 7.43. The second-order valence-corrected chi connectivity index (χ2v) is 9.81. The van der Waals surface area contributed by atoms with Gasteiger partial charge in [0.15, 0.2) is 5.69 Å². The van der Waals surface area contributed by atoms with Gasteiger partial charge in [0.2, 0.25) is 5.91 Å². The monoisotopic (exact) mass is 445 g/mol. The normalized spacial score (nSPS) is 12.5. The minimum Gasteiger partial charge on any atom is -0.395 e. The molecular formula is C22H31N5O3S. The van der Waals surface area contributed by atoms with Crippen molar-refractivity contribution in [1.29, 1.82) is 0 Å². The lowest BCUT2D eigenvalue weighted by Gasteiger charge is -2.34. The Balaban J connectivity index is 2.61. The van der Waals surface area contributed by atoms with Crippen LogP contribution in [0.4, 0.5) is 11.4 Å². The highest BCUT2D eigenvalue weighted by atomic mass is 32.1. The summed E-state index contributed by atoms with van der Waals surface area (Å²) in [5, 5.41) is 2.98. The molecule has 0 unspecified atom stereocenters. The first-order valence-electron chi connectivity index (χ1n) is 10.1. The van der Waals surface area contributed by atoms with Crippen LogP contribution in [-0.4, -0.2) is 33.7 Å². The molecule has 1 heterocycles. The van der Waals surface area contributed by atoms with Crippen molar-refractivity contribution in [2.45, 2.75) is 59.5 Å². The molecule has 0 spiro atoms. The van der Waals surface area contributed by atoms with E-state index in [0.29, 0.717) is 12.1 Å². The summed E-state index contributed by atoms with van der Waals surface area (Å²) in [6.45, 7) is 11.6. The number of primary amides is 1. The Morgan fingerprint density at radius 2 is 1.74 bits per heavy atom. The average molecular weight is 446 g/mol. The number of hydrogen-bond acceptors (Lipinski definition) is 6. The smallest absolute Gasteiger partial charge is 0.272 e. The molecule has 9 heteroatoms. The molecular weight excluding hydrogens is 414 g/mol. The number of benzene rings is 1. The van der Waals surface area contributed by atoms with Crippen LogP contribution in [0.3, 0.4) is 0 Å². The fourth-order valence-corrected chi connectivity index (χ4v) is 3.85. The predicted molar refractivity (Wildman–Crippen MR) is 124 cm³/mol. The second kappa shape index (κ2) is 9.47. The van der Waals surface area contributed by atoms with E-state index < -0.39 is 23.4 Å². The summed E-state index contributed by atoms with van der Waals surface area (Å²) in [6.07, 6.45) is 0.433. The molecule has 1 aromatic carbocycles. The Bertz CT molecular complexity index is 961. The van der Waals surface area contributed by atoms with E-state index in [2.05, 4.69) is 9.69 Å². The molecule has 1 aromatic heterocycles. The average Bonchev–Trinajstić information content (AvgIpc) is 3.02. The lowest BCUT2D eigenvalue weighted by molar-refractivity contribution is -0.124. The first kappa shape index (κ1) is 24.3. The van der Waals surface area contributed by atoms with Crippen molar-refractivity contribution in [1.82, 2.24) is 9.69 Å². The summed E-state index contributed by atoms with van der Waals surface area (Å²) < 4.78 is 3.95. The van der Waals surface area contributed by atoms with E-state index in [1.54, 1.807) is 12.1 Å². The zero-order valence-electron chi connectivity index (χ0n) is 18.9. The summed E-state index contributed by atoms with van der Waals surface area (Å²) in [4.78, 5) is 40.0. The number of hydrogen-bond donors (Lipinski definition) is 3. The summed E-state index contributed by atoms with van der Waals surface area (Å²) in [6, 6.07) is 6.53. The van der Waals surface area contributed by atoms with Gasteiger partial charge in [-0.2, -0.15) is 4.37 Å². The van der Waals surface area contributed by atoms with E-state index in [4.69, 9.17) is 11.5 Å². The quantitative estimate of drug-likeness (QED) is 0.602. The lowest BCUT2D eigenvalue weighted by atomic mass is 9.98. The van der Waals surface area contributed by atoms with Crippen LogP contribution in [0.2, 0.25) is 0 Å². The van der Waals surface area contributed by atoms with E-state index in [1.807, 2.05) is 53.7 Å². The van der Waals surface area contributed by atoms with Crippen LogP contribution in [0.5, 0.6) is 0 Å². The minimum absolute atomic E-state index is 0.0702. The number of rotatable bonds is 7. The SMILES string of the molecule is Cc1ccc(N(C(=O)c2snc(C(N)=O)c2N)[C@@H](CC(C)C)C(=O)NC(C)(C)C)cc1. The predicted octanol–water partition coefficient (Wildman–Crippen LogP) is 3.11. The zero-order chi connectivity index (χ0) is 23.5. The second-order valence-electron chi connectivity index (χ2n) is 9.03. The highest BCUT2D eigenvalue weighted by molar-refractivity contribution is 7.09. The number of nitrogen functional groups attached to an aromatic ring is 1. The molecule has 2 rings (SSSR count). The van der Waals surface area contributed by atoms with E-state index in [9.17, 15) is 14.4 Å². The number of nitrogens with one attached hydrogen (secondary N) is 1. The largest absolute Gasteiger partial charge is 0.395 e. The minimum atomic E-state index is -0.807. The molecule has 0 saturated carbocycles. The van der Waals surface area contributed by atoms with Crippen molar-refractivity contribution >= 4 is 40.6 Å². The van der Waals surface area contributed by atoms with Crippen LogP contribution in [0.1, 0.15) is 66.8 Å². The zero-order valence-corrected chi connectivity index (χ0v) is 19.7. The number of carbonyl (C=O) groups is 3. The molecule has 8 nitrogen and oxygen atoms in total. The van der Waals surface area contributed by atoms with Crippen LogP contribution in [0, 0.1) is 12.8 Å².